The number of carboxylic acids is 1. The summed E-state index contributed by atoms with van der Waals surface area (Å²) in [7, 11) is 0. The molecule has 172 valence electrons. The zero-order valence-electron chi connectivity index (χ0n) is 17.1. The summed E-state index contributed by atoms with van der Waals surface area (Å²) in [6.45, 7) is -0.514. The van der Waals surface area contributed by atoms with Crippen molar-refractivity contribution in [3.8, 4) is 12.3 Å². The molecule has 0 bridgehead atoms. The molecule has 0 amide bonds. The fourth-order valence-electron chi connectivity index (χ4n) is 3.55. The van der Waals surface area contributed by atoms with Crippen LogP contribution in [0.5, 0.6) is 0 Å². The number of halogens is 1. The van der Waals surface area contributed by atoms with Gasteiger partial charge in [0.25, 0.3) is 0 Å². The van der Waals surface area contributed by atoms with Gasteiger partial charge in [0, 0.05) is 6.54 Å². The van der Waals surface area contributed by atoms with E-state index in [0.29, 0.717) is 17.9 Å². The van der Waals surface area contributed by atoms with E-state index in [9.17, 15) is 15.0 Å². The first-order valence-corrected chi connectivity index (χ1v) is 10.2. The highest BCUT2D eigenvalue weighted by Crippen LogP contribution is 2.39. The van der Waals surface area contributed by atoms with Gasteiger partial charge in [-0.3, -0.25) is 4.57 Å². The van der Waals surface area contributed by atoms with Crippen LogP contribution < -0.4 is 5.32 Å². The van der Waals surface area contributed by atoms with E-state index in [0.717, 1.165) is 5.56 Å². The number of aromatic nitrogens is 4. The highest BCUT2D eigenvalue weighted by atomic mass is 35.5. The molecule has 4 N–H and O–H groups in total. The molecule has 12 heteroatoms. The number of nitrogens with one attached hydrogen (secondary N) is 1. The molecule has 4 atom stereocenters. The van der Waals surface area contributed by atoms with E-state index in [1.54, 1.807) is 0 Å². The summed E-state index contributed by atoms with van der Waals surface area (Å²) < 4.78 is 12.2. The molecule has 11 nitrogen and oxygen atoms in total. The van der Waals surface area contributed by atoms with Gasteiger partial charge in [0.1, 0.15) is 18.8 Å². The zero-order chi connectivity index (χ0) is 23.6. The second-order valence-corrected chi connectivity index (χ2v) is 7.68. The predicted octanol–water partition coefficient (Wildman–Crippen LogP) is 0.816. The minimum absolute atomic E-state index is 0.0687. The van der Waals surface area contributed by atoms with Crippen molar-refractivity contribution in [1.29, 1.82) is 0 Å². The van der Waals surface area contributed by atoms with Crippen LogP contribution in [0.3, 0.4) is 0 Å². The van der Waals surface area contributed by atoms with Crippen molar-refractivity contribution >= 4 is 34.6 Å². The molecular formula is C21H20ClN5O6. The number of hydrogen-bond acceptors (Lipinski definition) is 9. The fraction of sp³-hybridized carbons (Fsp3) is 0.333. The lowest BCUT2D eigenvalue weighted by Gasteiger charge is -2.24. The molecule has 4 rings (SSSR count). The number of aliphatic hydroxyl groups excluding tert-OH is 1. The Labute approximate surface area is 193 Å². The van der Waals surface area contributed by atoms with Gasteiger partial charge in [0.2, 0.25) is 5.28 Å². The second-order valence-electron chi connectivity index (χ2n) is 7.34. The van der Waals surface area contributed by atoms with E-state index in [1.165, 1.54) is 10.9 Å². The number of carboxylic acid groups (broad SMARTS) is 1. The van der Waals surface area contributed by atoms with Gasteiger partial charge >= 0.3 is 5.97 Å². The monoisotopic (exact) mass is 473 g/mol. The van der Waals surface area contributed by atoms with Crippen LogP contribution in [0.2, 0.25) is 5.28 Å². The summed E-state index contributed by atoms with van der Waals surface area (Å²) in [4.78, 5) is 23.4. The third kappa shape index (κ3) is 4.47. The molecule has 1 aliphatic rings. The molecule has 1 aromatic carbocycles. The first kappa shape index (κ1) is 22.9. The molecule has 1 aliphatic heterocycles. The van der Waals surface area contributed by atoms with Crippen molar-refractivity contribution in [2.45, 2.75) is 30.6 Å². The number of imidazole rings is 1. The number of aliphatic hydroxyl groups is 2. The summed E-state index contributed by atoms with van der Waals surface area (Å²) in [5.41, 5.74) is -0.523. The van der Waals surface area contributed by atoms with Gasteiger partial charge in [-0.25, -0.2) is 9.78 Å². The van der Waals surface area contributed by atoms with Crippen molar-refractivity contribution in [1.82, 2.24) is 19.5 Å². The Morgan fingerprint density at radius 1 is 1.36 bits per heavy atom. The molecule has 3 heterocycles. The highest BCUT2D eigenvalue weighted by molar-refractivity contribution is 6.28. The maximum atomic E-state index is 10.8. The van der Waals surface area contributed by atoms with Crippen LogP contribution in [-0.4, -0.2) is 71.8 Å². The lowest BCUT2D eigenvalue weighted by molar-refractivity contribution is -0.145. The number of carbonyl (C=O) groups is 1. The van der Waals surface area contributed by atoms with Gasteiger partial charge in [-0.05, 0) is 17.2 Å². The number of anilines is 1. The Kier molecular flexibility index (Phi) is 6.46. The van der Waals surface area contributed by atoms with Gasteiger partial charge in [-0.1, -0.05) is 36.3 Å². The smallest absolute Gasteiger partial charge is 0.329 e. The van der Waals surface area contributed by atoms with Crippen LogP contribution in [0.4, 0.5) is 5.82 Å². The number of hydrogen-bond donors (Lipinski definition) is 4. The largest absolute Gasteiger partial charge is 0.480 e. The maximum Gasteiger partial charge on any atom is 0.329 e. The Morgan fingerprint density at radius 3 is 2.82 bits per heavy atom. The Balaban J connectivity index is 1.62. The average molecular weight is 474 g/mol. The molecule has 2 aromatic heterocycles. The number of rotatable bonds is 8. The summed E-state index contributed by atoms with van der Waals surface area (Å²) >= 11 is 6.12. The normalized spacial score (nSPS) is 24.6. The van der Waals surface area contributed by atoms with Crippen LogP contribution >= 0.6 is 11.6 Å². The summed E-state index contributed by atoms with van der Waals surface area (Å²) in [6, 6.07) is 9.63. The Hall–Kier alpha value is -3.27. The van der Waals surface area contributed by atoms with Crippen LogP contribution in [0.15, 0.2) is 36.7 Å². The van der Waals surface area contributed by atoms with Crippen molar-refractivity contribution in [2.75, 3.05) is 18.5 Å². The summed E-state index contributed by atoms with van der Waals surface area (Å²) in [5, 5.41) is 33.4. The molecule has 1 fully saturated rings. The fourth-order valence-corrected chi connectivity index (χ4v) is 3.72. The first-order chi connectivity index (χ1) is 15.8. The highest BCUT2D eigenvalue weighted by Gasteiger charge is 2.55. The van der Waals surface area contributed by atoms with Gasteiger partial charge in [0.15, 0.2) is 28.8 Å². The number of terminal acetylenes is 1. The molecular weight excluding hydrogens is 454 g/mol. The lowest BCUT2D eigenvalue weighted by Crippen LogP contribution is -2.48. The van der Waals surface area contributed by atoms with Crippen LogP contribution in [0, 0.1) is 12.3 Å². The molecule has 0 unspecified atom stereocenters. The van der Waals surface area contributed by atoms with Crippen molar-refractivity contribution < 1.29 is 29.6 Å². The first-order valence-electron chi connectivity index (χ1n) is 9.84. The summed E-state index contributed by atoms with van der Waals surface area (Å²) in [6.07, 6.45) is 2.83. The number of benzene rings is 1. The van der Waals surface area contributed by atoms with E-state index in [4.69, 9.17) is 32.6 Å². The predicted molar refractivity (Wildman–Crippen MR) is 116 cm³/mol. The molecule has 0 aliphatic carbocycles. The van der Waals surface area contributed by atoms with Gasteiger partial charge < -0.3 is 30.1 Å². The van der Waals surface area contributed by atoms with E-state index in [2.05, 4.69) is 26.2 Å². The number of fused-ring (bicyclic) bond motifs is 1. The Morgan fingerprint density at radius 2 is 2.12 bits per heavy atom. The van der Waals surface area contributed by atoms with Crippen molar-refractivity contribution in [3.05, 3.63) is 47.5 Å². The summed E-state index contributed by atoms with van der Waals surface area (Å²) in [5.74, 6) is 1.30. The van der Waals surface area contributed by atoms with Crippen molar-refractivity contribution in [3.63, 3.8) is 0 Å². The molecule has 0 spiro atoms. The molecule has 1 saturated heterocycles. The lowest BCUT2D eigenvalue weighted by atomic mass is 9.93. The van der Waals surface area contributed by atoms with Crippen LogP contribution in [0.25, 0.3) is 11.2 Å². The number of nitrogens with zero attached hydrogens (tertiary/aromatic N) is 4. The quantitative estimate of drug-likeness (QED) is 0.273. The molecule has 0 radical (unpaired) electrons. The average Bonchev–Trinajstić information content (AvgIpc) is 3.32. The minimum atomic E-state index is -2.13. The Bertz CT molecular complexity index is 1200. The van der Waals surface area contributed by atoms with Crippen LogP contribution in [-0.2, 0) is 20.8 Å². The van der Waals surface area contributed by atoms with Crippen molar-refractivity contribution in [2.24, 2.45) is 0 Å². The van der Waals surface area contributed by atoms with E-state index >= 15 is 0 Å². The van der Waals surface area contributed by atoms with Gasteiger partial charge in [-0.2, -0.15) is 9.97 Å². The second kappa shape index (κ2) is 9.30. The SMILES string of the molecule is C#C[C@@]1(O)[C@@H](COCC(=O)O)O[C@@H](n2cnc3c(NCc4ccccc4)nc(Cl)nc32)[C@@H]1O. The van der Waals surface area contributed by atoms with E-state index < -0.39 is 36.6 Å². The molecule has 33 heavy (non-hydrogen) atoms. The number of aliphatic carboxylic acids is 1. The van der Waals surface area contributed by atoms with Crippen LogP contribution in [0.1, 0.15) is 11.8 Å². The standard InChI is InChI=1S/C21H20ClN5O6/c1-2-21(31)13(9-32-10-14(28)29)33-19(16(21)30)27-11-24-15-17(25-20(22)26-18(15)27)23-8-12-6-4-3-5-7-12/h1,3-7,11,13,16,19,30-31H,8-10H2,(H,28,29)(H,23,25,26)/t13-,16+,19-,21-/m1/s1. The number of ether oxygens (including phenoxy) is 2. The van der Waals surface area contributed by atoms with Gasteiger partial charge in [0.05, 0.1) is 12.9 Å². The van der Waals surface area contributed by atoms with Gasteiger partial charge in [-0.15, -0.1) is 6.42 Å². The third-order valence-electron chi connectivity index (χ3n) is 5.21. The van der Waals surface area contributed by atoms with E-state index in [-0.39, 0.29) is 17.5 Å². The van der Waals surface area contributed by atoms with E-state index in [1.807, 2.05) is 30.3 Å². The third-order valence-corrected chi connectivity index (χ3v) is 5.38. The molecule has 0 saturated carbocycles. The maximum absolute atomic E-state index is 10.8. The zero-order valence-corrected chi connectivity index (χ0v) is 17.9. The molecule has 3 aromatic rings. The minimum Gasteiger partial charge on any atom is -0.480 e. The topological polar surface area (TPSA) is 152 Å².